The molecule has 1 aliphatic heterocycles. The molecular weight excluding hydrogens is 300 g/mol. The predicted molar refractivity (Wildman–Crippen MR) is 92.4 cm³/mol. The van der Waals surface area contributed by atoms with Crippen LogP contribution >= 0.6 is 11.8 Å². The van der Waals surface area contributed by atoms with Gasteiger partial charge in [-0.3, -0.25) is 0 Å². The first kappa shape index (κ1) is 20.2. The van der Waals surface area contributed by atoms with E-state index >= 15 is 0 Å². The first-order valence-electron chi connectivity index (χ1n) is 8.71. The van der Waals surface area contributed by atoms with E-state index in [4.69, 9.17) is 18.9 Å². The van der Waals surface area contributed by atoms with E-state index in [1.54, 1.807) is 0 Å². The highest BCUT2D eigenvalue weighted by Crippen LogP contribution is 2.16. The van der Waals surface area contributed by atoms with Crippen molar-refractivity contribution >= 4 is 11.8 Å². The fourth-order valence-electron chi connectivity index (χ4n) is 2.37. The second kappa shape index (κ2) is 13.6. The molecule has 0 aromatic carbocycles. The Morgan fingerprint density at radius 1 is 1.09 bits per heavy atom. The van der Waals surface area contributed by atoms with E-state index in [9.17, 15) is 0 Å². The Morgan fingerprint density at radius 3 is 2.64 bits per heavy atom. The van der Waals surface area contributed by atoms with Gasteiger partial charge in [-0.2, -0.15) is 11.8 Å². The van der Waals surface area contributed by atoms with E-state index < -0.39 is 0 Å². The van der Waals surface area contributed by atoms with Crippen LogP contribution in [0, 0.1) is 0 Å². The molecule has 1 aliphatic rings. The summed E-state index contributed by atoms with van der Waals surface area (Å²) < 4.78 is 22.8. The highest BCUT2D eigenvalue weighted by Gasteiger charge is 2.17. The standard InChI is InChI=1S/C17H34O4S/c1-15(21-17-9-5-7-12-20-17)10-13-19-16(2)18-11-6-4-8-14-22-3/h15-17H,4-14H2,1-3H3. The number of thioether (sulfide) groups is 1. The zero-order chi connectivity index (χ0) is 16.0. The Morgan fingerprint density at radius 2 is 1.91 bits per heavy atom. The quantitative estimate of drug-likeness (QED) is 0.372. The Labute approximate surface area is 140 Å². The molecule has 1 rings (SSSR count). The van der Waals surface area contributed by atoms with Crippen molar-refractivity contribution in [1.29, 1.82) is 0 Å². The molecule has 0 amide bonds. The van der Waals surface area contributed by atoms with Crippen LogP contribution in [-0.4, -0.2) is 50.5 Å². The molecule has 4 nitrogen and oxygen atoms in total. The minimum absolute atomic E-state index is 0.0151. The van der Waals surface area contributed by atoms with Crippen molar-refractivity contribution in [2.24, 2.45) is 0 Å². The fourth-order valence-corrected chi connectivity index (χ4v) is 2.86. The second-order valence-electron chi connectivity index (χ2n) is 5.89. The van der Waals surface area contributed by atoms with Crippen LogP contribution in [0.4, 0.5) is 0 Å². The molecule has 0 aromatic heterocycles. The van der Waals surface area contributed by atoms with Crippen molar-refractivity contribution in [2.45, 2.75) is 77.5 Å². The number of hydrogen-bond donors (Lipinski definition) is 0. The number of unbranched alkanes of at least 4 members (excludes halogenated alkanes) is 2. The third kappa shape index (κ3) is 10.8. The fraction of sp³-hybridized carbons (Fsp3) is 1.00. The normalized spacial score (nSPS) is 21.7. The van der Waals surface area contributed by atoms with Crippen molar-refractivity contribution in [3.05, 3.63) is 0 Å². The molecule has 3 unspecified atom stereocenters. The van der Waals surface area contributed by atoms with Gasteiger partial charge in [-0.15, -0.1) is 0 Å². The van der Waals surface area contributed by atoms with Crippen LogP contribution in [0.15, 0.2) is 0 Å². The lowest BCUT2D eigenvalue weighted by Crippen LogP contribution is -2.27. The average molecular weight is 335 g/mol. The lowest BCUT2D eigenvalue weighted by molar-refractivity contribution is -0.192. The molecule has 1 heterocycles. The number of hydrogen-bond acceptors (Lipinski definition) is 5. The molecule has 0 N–H and O–H groups in total. The predicted octanol–water partition coefficient (Wildman–Crippen LogP) is 4.22. The van der Waals surface area contributed by atoms with Gasteiger partial charge >= 0.3 is 0 Å². The highest BCUT2D eigenvalue weighted by atomic mass is 32.2. The number of rotatable bonds is 13. The molecule has 0 saturated carbocycles. The van der Waals surface area contributed by atoms with E-state index in [1.807, 2.05) is 18.7 Å². The zero-order valence-electron chi connectivity index (χ0n) is 14.6. The van der Waals surface area contributed by atoms with Gasteiger partial charge in [-0.05, 0) is 64.4 Å². The third-order valence-electron chi connectivity index (χ3n) is 3.74. The summed E-state index contributed by atoms with van der Waals surface area (Å²) in [6, 6.07) is 0. The summed E-state index contributed by atoms with van der Waals surface area (Å²) in [6.07, 6.45) is 10.1. The molecule has 22 heavy (non-hydrogen) atoms. The van der Waals surface area contributed by atoms with E-state index in [0.717, 1.165) is 38.9 Å². The Bertz CT molecular complexity index is 247. The van der Waals surface area contributed by atoms with Gasteiger partial charge in [0.1, 0.15) is 0 Å². The third-order valence-corrected chi connectivity index (χ3v) is 4.44. The first-order valence-corrected chi connectivity index (χ1v) is 10.1. The van der Waals surface area contributed by atoms with Crippen LogP contribution in [0.3, 0.4) is 0 Å². The summed E-state index contributed by atoms with van der Waals surface area (Å²) in [7, 11) is 0. The van der Waals surface area contributed by atoms with E-state index in [2.05, 4.69) is 13.2 Å². The van der Waals surface area contributed by atoms with Gasteiger partial charge in [0.15, 0.2) is 12.6 Å². The van der Waals surface area contributed by atoms with Crippen molar-refractivity contribution in [2.75, 3.05) is 31.8 Å². The molecule has 0 radical (unpaired) electrons. The minimum Gasteiger partial charge on any atom is -0.353 e. The molecule has 0 aromatic rings. The monoisotopic (exact) mass is 334 g/mol. The zero-order valence-corrected chi connectivity index (χ0v) is 15.4. The Kier molecular flexibility index (Phi) is 12.5. The lowest BCUT2D eigenvalue weighted by atomic mass is 10.2. The van der Waals surface area contributed by atoms with Gasteiger partial charge in [-0.1, -0.05) is 6.42 Å². The van der Waals surface area contributed by atoms with Gasteiger partial charge in [0.05, 0.1) is 12.7 Å². The van der Waals surface area contributed by atoms with Crippen LogP contribution in [0.5, 0.6) is 0 Å². The Hall–Kier alpha value is 0.190. The van der Waals surface area contributed by atoms with Gasteiger partial charge in [0.25, 0.3) is 0 Å². The van der Waals surface area contributed by atoms with Gasteiger partial charge in [-0.25, -0.2) is 0 Å². The van der Waals surface area contributed by atoms with Crippen molar-refractivity contribution in [3.63, 3.8) is 0 Å². The topological polar surface area (TPSA) is 36.9 Å². The molecule has 132 valence electrons. The van der Waals surface area contributed by atoms with Crippen molar-refractivity contribution < 1.29 is 18.9 Å². The summed E-state index contributed by atoms with van der Waals surface area (Å²) in [5, 5.41) is 0. The largest absolute Gasteiger partial charge is 0.353 e. The molecule has 3 atom stereocenters. The van der Waals surface area contributed by atoms with Crippen LogP contribution in [0.25, 0.3) is 0 Å². The number of ether oxygens (including phenoxy) is 4. The smallest absolute Gasteiger partial charge is 0.157 e. The SMILES string of the molecule is CSCCCCCOC(C)OCCC(C)OC1CCCCO1. The summed E-state index contributed by atoms with van der Waals surface area (Å²) in [5.74, 6) is 1.24. The average Bonchev–Trinajstić information content (AvgIpc) is 2.51. The molecule has 0 spiro atoms. The molecule has 5 heteroatoms. The molecule has 1 fully saturated rings. The van der Waals surface area contributed by atoms with Crippen LogP contribution in [0.2, 0.25) is 0 Å². The van der Waals surface area contributed by atoms with Crippen LogP contribution in [0.1, 0.15) is 58.8 Å². The first-order chi connectivity index (χ1) is 10.7. The maximum absolute atomic E-state index is 5.86. The summed E-state index contributed by atoms with van der Waals surface area (Å²) in [5.41, 5.74) is 0. The van der Waals surface area contributed by atoms with Gasteiger partial charge < -0.3 is 18.9 Å². The summed E-state index contributed by atoms with van der Waals surface area (Å²) in [4.78, 5) is 0. The maximum atomic E-state index is 5.86. The van der Waals surface area contributed by atoms with Gasteiger partial charge in [0, 0.05) is 13.2 Å². The van der Waals surface area contributed by atoms with Crippen LogP contribution in [-0.2, 0) is 18.9 Å². The Balaban J connectivity index is 1.91. The molecular formula is C17H34O4S. The minimum atomic E-state index is -0.126. The van der Waals surface area contributed by atoms with Gasteiger partial charge in [0.2, 0.25) is 0 Å². The van der Waals surface area contributed by atoms with Crippen LogP contribution < -0.4 is 0 Å². The van der Waals surface area contributed by atoms with E-state index in [1.165, 1.54) is 25.0 Å². The summed E-state index contributed by atoms with van der Waals surface area (Å²) >= 11 is 1.91. The highest BCUT2D eigenvalue weighted by molar-refractivity contribution is 7.98. The second-order valence-corrected chi connectivity index (χ2v) is 6.88. The van der Waals surface area contributed by atoms with E-state index in [0.29, 0.717) is 6.61 Å². The maximum Gasteiger partial charge on any atom is 0.157 e. The molecule has 1 saturated heterocycles. The lowest BCUT2D eigenvalue weighted by Gasteiger charge is -2.26. The van der Waals surface area contributed by atoms with E-state index in [-0.39, 0.29) is 18.7 Å². The summed E-state index contributed by atoms with van der Waals surface area (Å²) in [6.45, 7) is 6.34. The molecule has 0 aliphatic carbocycles. The van der Waals surface area contributed by atoms with Crippen molar-refractivity contribution in [1.82, 2.24) is 0 Å². The van der Waals surface area contributed by atoms with Crippen molar-refractivity contribution in [3.8, 4) is 0 Å². The molecule has 0 bridgehead atoms.